The smallest absolute Gasteiger partial charge is 0.184 e. The molecule has 74 valence electrons. The van der Waals surface area contributed by atoms with Crippen molar-refractivity contribution in [2.75, 3.05) is 7.05 Å². The van der Waals surface area contributed by atoms with Crippen LogP contribution >= 0.6 is 12.2 Å². The second-order valence-electron chi connectivity index (χ2n) is 4.38. The fourth-order valence-electron chi connectivity index (χ4n) is 2.45. The zero-order valence-corrected chi connectivity index (χ0v) is 9.08. The molecule has 0 bridgehead atoms. The van der Waals surface area contributed by atoms with Crippen LogP contribution in [0.3, 0.4) is 0 Å². The van der Waals surface area contributed by atoms with Crippen LogP contribution in [0.15, 0.2) is 0 Å². The summed E-state index contributed by atoms with van der Waals surface area (Å²) in [6, 6.07) is 0. The number of thiocarbonyl (C=S) groups is 1. The van der Waals surface area contributed by atoms with Crippen molar-refractivity contribution in [1.82, 2.24) is 15.8 Å². The Kier molecular flexibility index (Phi) is 2.20. The maximum atomic E-state index is 5.19. The molecule has 1 aliphatic carbocycles. The predicted molar refractivity (Wildman–Crippen MR) is 57.0 cm³/mol. The maximum absolute atomic E-state index is 5.19. The maximum Gasteiger partial charge on any atom is 0.184 e. The lowest BCUT2D eigenvalue weighted by Crippen LogP contribution is -2.53. The molecule has 0 unspecified atom stereocenters. The first-order valence-electron chi connectivity index (χ1n) is 4.95. The molecule has 1 spiro atoms. The first-order chi connectivity index (χ1) is 6.11. The van der Waals surface area contributed by atoms with E-state index >= 15 is 0 Å². The molecule has 0 radical (unpaired) electrons. The van der Waals surface area contributed by atoms with Crippen molar-refractivity contribution in [3.05, 3.63) is 0 Å². The van der Waals surface area contributed by atoms with E-state index < -0.39 is 0 Å². The number of nitrogens with zero attached hydrogens (tertiary/aromatic N) is 1. The van der Waals surface area contributed by atoms with Gasteiger partial charge in [-0.2, -0.15) is 0 Å². The molecule has 1 heterocycles. The number of rotatable bonds is 0. The summed E-state index contributed by atoms with van der Waals surface area (Å²) in [5.41, 5.74) is 3.50. The van der Waals surface area contributed by atoms with Gasteiger partial charge in [-0.3, -0.25) is 5.01 Å². The lowest BCUT2D eigenvalue weighted by molar-refractivity contribution is 0.147. The van der Waals surface area contributed by atoms with E-state index in [0.29, 0.717) is 0 Å². The monoisotopic (exact) mass is 199 g/mol. The van der Waals surface area contributed by atoms with E-state index in [0.717, 1.165) is 11.0 Å². The number of nitrogens with one attached hydrogen (secondary N) is 2. The standard InChI is InChI=1S/C9H17N3S/c1-7-4-3-5-9(6-7)10-8(13)12(2)11-9/h7,11H,3-6H2,1-2H3,(H,10,13)/t7-,9+/m0/s1. The average molecular weight is 199 g/mol. The summed E-state index contributed by atoms with van der Waals surface area (Å²) in [5.74, 6) is 0.794. The Labute approximate surface area is 84.8 Å². The van der Waals surface area contributed by atoms with E-state index in [2.05, 4.69) is 17.7 Å². The molecule has 0 aromatic rings. The van der Waals surface area contributed by atoms with Crippen molar-refractivity contribution >= 4 is 17.3 Å². The molecule has 2 rings (SSSR count). The Morgan fingerprint density at radius 3 is 2.92 bits per heavy atom. The fraction of sp³-hybridized carbons (Fsp3) is 0.889. The van der Waals surface area contributed by atoms with Crippen LogP contribution < -0.4 is 10.7 Å². The Hall–Kier alpha value is -0.350. The highest BCUT2D eigenvalue weighted by Gasteiger charge is 2.41. The van der Waals surface area contributed by atoms with Gasteiger partial charge in [0.05, 0.1) is 0 Å². The molecule has 2 atom stereocenters. The molecule has 4 heteroatoms. The minimum Gasteiger partial charge on any atom is -0.342 e. The summed E-state index contributed by atoms with van der Waals surface area (Å²) in [5, 5.41) is 6.15. The number of hydrogen-bond donors (Lipinski definition) is 2. The van der Waals surface area contributed by atoms with Crippen LogP contribution in [-0.2, 0) is 0 Å². The van der Waals surface area contributed by atoms with Crippen LogP contribution in [0.4, 0.5) is 0 Å². The molecule has 13 heavy (non-hydrogen) atoms. The zero-order chi connectivity index (χ0) is 9.47. The zero-order valence-electron chi connectivity index (χ0n) is 8.26. The van der Waals surface area contributed by atoms with Gasteiger partial charge in [-0.15, -0.1) is 0 Å². The Balaban J connectivity index is 2.09. The Bertz CT molecular complexity index is 231. The van der Waals surface area contributed by atoms with Crippen molar-refractivity contribution in [1.29, 1.82) is 0 Å². The normalized spacial score (nSPS) is 39.7. The van der Waals surface area contributed by atoms with Crippen molar-refractivity contribution in [2.24, 2.45) is 5.92 Å². The van der Waals surface area contributed by atoms with Crippen LogP contribution in [0.2, 0.25) is 0 Å². The summed E-state index contributed by atoms with van der Waals surface area (Å²) in [4.78, 5) is 0. The molecular formula is C9H17N3S. The van der Waals surface area contributed by atoms with Gasteiger partial charge in [0.1, 0.15) is 5.66 Å². The van der Waals surface area contributed by atoms with Crippen LogP contribution in [-0.4, -0.2) is 22.8 Å². The minimum atomic E-state index is 0.0729. The highest BCUT2D eigenvalue weighted by Crippen LogP contribution is 2.32. The van der Waals surface area contributed by atoms with Crippen LogP contribution in [0.25, 0.3) is 0 Å². The summed E-state index contributed by atoms with van der Waals surface area (Å²) in [6.45, 7) is 2.31. The molecular weight excluding hydrogens is 182 g/mol. The molecule has 2 N–H and O–H groups in total. The van der Waals surface area contributed by atoms with Gasteiger partial charge in [-0.1, -0.05) is 13.3 Å². The first-order valence-corrected chi connectivity index (χ1v) is 5.36. The highest BCUT2D eigenvalue weighted by atomic mass is 32.1. The molecule has 0 aromatic carbocycles. The molecule has 0 aromatic heterocycles. The van der Waals surface area contributed by atoms with Gasteiger partial charge in [0, 0.05) is 7.05 Å². The third kappa shape index (κ3) is 1.65. The SMILES string of the molecule is C[C@H]1CCC[C@@]2(C1)NC(=S)N(C)N2. The van der Waals surface area contributed by atoms with Gasteiger partial charge < -0.3 is 5.32 Å². The van der Waals surface area contributed by atoms with E-state index in [-0.39, 0.29) is 5.66 Å². The van der Waals surface area contributed by atoms with E-state index in [4.69, 9.17) is 12.2 Å². The highest BCUT2D eigenvalue weighted by molar-refractivity contribution is 7.80. The second kappa shape index (κ2) is 3.10. The van der Waals surface area contributed by atoms with Crippen molar-refractivity contribution in [3.63, 3.8) is 0 Å². The van der Waals surface area contributed by atoms with Gasteiger partial charge in [-0.25, -0.2) is 5.43 Å². The molecule has 0 amide bonds. The molecule has 1 aliphatic heterocycles. The fourth-order valence-corrected chi connectivity index (χ4v) is 2.70. The van der Waals surface area contributed by atoms with Crippen molar-refractivity contribution in [3.8, 4) is 0 Å². The van der Waals surface area contributed by atoms with E-state index in [9.17, 15) is 0 Å². The van der Waals surface area contributed by atoms with Gasteiger partial charge in [0.2, 0.25) is 0 Å². The number of hydrazine groups is 1. The lowest BCUT2D eigenvalue weighted by Gasteiger charge is -2.36. The molecule has 2 fully saturated rings. The summed E-state index contributed by atoms with van der Waals surface area (Å²) in [6.07, 6.45) is 5.00. The third-order valence-electron chi connectivity index (χ3n) is 3.03. The van der Waals surface area contributed by atoms with Gasteiger partial charge in [0.25, 0.3) is 0 Å². The summed E-state index contributed by atoms with van der Waals surface area (Å²) in [7, 11) is 1.98. The van der Waals surface area contributed by atoms with Gasteiger partial charge in [-0.05, 0) is 37.4 Å². The van der Waals surface area contributed by atoms with Gasteiger partial charge in [0.15, 0.2) is 5.11 Å². The molecule has 2 aliphatic rings. The van der Waals surface area contributed by atoms with Crippen LogP contribution in [0, 0.1) is 5.92 Å². The van der Waals surface area contributed by atoms with Crippen molar-refractivity contribution in [2.45, 2.75) is 38.3 Å². The van der Waals surface area contributed by atoms with Gasteiger partial charge >= 0.3 is 0 Å². The topological polar surface area (TPSA) is 27.3 Å². The number of hydrogen-bond acceptors (Lipinski definition) is 2. The third-order valence-corrected chi connectivity index (χ3v) is 3.41. The Morgan fingerprint density at radius 2 is 2.38 bits per heavy atom. The predicted octanol–water partition coefficient (Wildman–Crippen LogP) is 1.22. The minimum absolute atomic E-state index is 0.0729. The van der Waals surface area contributed by atoms with E-state index in [1.54, 1.807) is 0 Å². The lowest BCUT2D eigenvalue weighted by atomic mass is 9.83. The molecule has 1 saturated carbocycles. The van der Waals surface area contributed by atoms with E-state index in [1.165, 1.54) is 25.7 Å². The summed E-state index contributed by atoms with van der Waals surface area (Å²) < 4.78 is 0. The molecule has 1 saturated heterocycles. The van der Waals surface area contributed by atoms with Crippen molar-refractivity contribution < 1.29 is 0 Å². The Morgan fingerprint density at radius 1 is 1.62 bits per heavy atom. The second-order valence-corrected chi connectivity index (χ2v) is 4.77. The van der Waals surface area contributed by atoms with E-state index in [1.807, 2.05) is 12.1 Å². The quantitative estimate of drug-likeness (QED) is 0.574. The average Bonchev–Trinajstić information content (AvgIpc) is 2.26. The molecule has 3 nitrogen and oxygen atoms in total. The first kappa shape index (κ1) is 9.21. The van der Waals surface area contributed by atoms with Crippen LogP contribution in [0.5, 0.6) is 0 Å². The van der Waals surface area contributed by atoms with Crippen LogP contribution in [0.1, 0.15) is 32.6 Å². The summed E-state index contributed by atoms with van der Waals surface area (Å²) >= 11 is 5.19. The largest absolute Gasteiger partial charge is 0.342 e.